The van der Waals surface area contributed by atoms with Gasteiger partial charge in [-0.15, -0.1) is 0 Å². The fraction of sp³-hybridized carbons (Fsp3) is 0.364. The van der Waals surface area contributed by atoms with E-state index in [9.17, 15) is 22.4 Å². The van der Waals surface area contributed by atoms with Crippen LogP contribution in [0.1, 0.15) is 23.2 Å². The van der Waals surface area contributed by atoms with E-state index in [2.05, 4.69) is 5.32 Å². The van der Waals surface area contributed by atoms with Gasteiger partial charge in [-0.05, 0) is 18.6 Å². The Hall–Kier alpha value is -1.83. The molecule has 0 atom stereocenters. The van der Waals surface area contributed by atoms with Crippen LogP contribution in [0.25, 0.3) is 0 Å². The lowest BCUT2D eigenvalue weighted by Gasteiger charge is -2.11. The molecule has 0 bridgehead atoms. The van der Waals surface area contributed by atoms with Gasteiger partial charge in [0.25, 0.3) is 5.91 Å². The average Bonchev–Trinajstić information content (AvgIpc) is 2.33. The lowest BCUT2D eigenvalue weighted by Crippen LogP contribution is -2.27. The van der Waals surface area contributed by atoms with Gasteiger partial charge in [0.05, 0.1) is 11.3 Å². The van der Waals surface area contributed by atoms with E-state index < -0.39 is 24.3 Å². The SMILES string of the molecule is NNc1c(F)cccc1C(=O)NCCCC(F)(F)F. The zero-order valence-corrected chi connectivity index (χ0v) is 9.85. The molecule has 1 amide bonds. The molecule has 19 heavy (non-hydrogen) atoms. The molecule has 0 spiro atoms. The molecule has 0 radical (unpaired) electrons. The molecule has 0 aromatic heterocycles. The van der Waals surface area contributed by atoms with E-state index in [0.29, 0.717) is 0 Å². The minimum atomic E-state index is -4.26. The van der Waals surface area contributed by atoms with Crippen LogP contribution in [-0.4, -0.2) is 18.6 Å². The molecule has 0 aliphatic heterocycles. The number of hydrazine groups is 1. The van der Waals surface area contributed by atoms with E-state index in [4.69, 9.17) is 5.84 Å². The van der Waals surface area contributed by atoms with E-state index in [1.54, 1.807) is 0 Å². The minimum Gasteiger partial charge on any atom is -0.352 e. The number of nitrogen functional groups attached to an aromatic ring is 1. The van der Waals surface area contributed by atoms with Crippen molar-refractivity contribution in [2.45, 2.75) is 19.0 Å². The van der Waals surface area contributed by atoms with Crippen molar-refractivity contribution in [3.05, 3.63) is 29.6 Å². The Kier molecular flexibility index (Phi) is 5.11. The highest BCUT2D eigenvalue weighted by atomic mass is 19.4. The number of rotatable bonds is 5. The molecule has 1 aromatic rings. The van der Waals surface area contributed by atoms with Crippen LogP contribution >= 0.6 is 0 Å². The van der Waals surface area contributed by atoms with Gasteiger partial charge >= 0.3 is 6.18 Å². The number of benzene rings is 1. The minimum absolute atomic E-state index is 0.0606. The molecule has 0 saturated heterocycles. The standard InChI is InChI=1S/C11H13F4N3O/c12-8-4-1-3-7(9(8)18-16)10(19)17-6-2-5-11(13,14)15/h1,3-4,18H,2,5-6,16H2,(H,17,19). The van der Waals surface area contributed by atoms with Gasteiger partial charge in [-0.2, -0.15) is 13.2 Å². The lowest BCUT2D eigenvalue weighted by atomic mass is 10.1. The molecule has 106 valence electrons. The number of carbonyl (C=O) groups is 1. The summed E-state index contributed by atoms with van der Waals surface area (Å²) in [4.78, 5) is 11.6. The predicted octanol–water partition coefficient (Wildman–Crippen LogP) is 2.18. The molecular formula is C11H13F4N3O. The van der Waals surface area contributed by atoms with Crippen molar-refractivity contribution in [1.29, 1.82) is 0 Å². The van der Waals surface area contributed by atoms with Gasteiger partial charge in [-0.3, -0.25) is 10.6 Å². The second kappa shape index (κ2) is 6.37. The number of hydrogen-bond donors (Lipinski definition) is 3. The third-order valence-corrected chi connectivity index (χ3v) is 2.33. The van der Waals surface area contributed by atoms with Crippen molar-refractivity contribution in [1.82, 2.24) is 5.32 Å². The molecule has 0 aliphatic carbocycles. The van der Waals surface area contributed by atoms with Gasteiger partial charge in [0, 0.05) is 13.0 Å². The average molecular weight is 279 g/mol. The summed E-state index contributed by atoms with van der Waals surface area (Å²) in [5.41, 5.74) is 1.78. The number of amides is 1. The number of para-hydroxylation sites is 1. The molecule has 0 unspecified atom stereocenters. The van der Waals surface area contributed by atoms with Crippen LogP contribution in [0.5, 0.6) is 0 Å². The summed E-state index contributed by atoms with van der Waals surface area (Å²) >= 11 is 0. The van der Waals surface area contributed by atoms with E-state index in [-0.39, 0.29) is 24.2 Å². The number of nitrogens with one attached hydrogen (secondary N) is 2. The quantitative estimate of drug-likeness (QED) is 0.335. The molecular weight excluding hydrogens is 266 g/mol. The number of anilines is 1. The number of halogens is 4. The number of nitrogens with two attached hydrogens (primary N) is 1. The van der Waals surface area contributed by atoms with Gasteiger partial charge in [0.15, 0.2) is 0 Å². The molecule has 1 aromatic carbocycles. The smallest absolute Gasteiger partial charge is 0.352 e. The molecule has 0 aliphatic rings. The molecule has 4 N–H and O–H groups in total. The van der Waals surface area contributed by atoms with Gasteiger partial charge in [-0.1, -0.05) is 6.07 Å². The normalized spacial score (nSPS) is 11.2. The Morgan fingerprint density at radius 2 is 2.00 bits per heavy atom. The topological polar surface area (TPSA) is 67.1 Å². The number of hydrogen-bond acceptors (Lipinski definition) is 3. The number of alkyl halides is 3. The van der Waals surface area contributed by atoms with Crippen molar-refractivity contribution in [3.63, 3.8) is 0 Å². The molecule has 8 heteroatoms. The molecule has 4 nitrogen and oxygen atoms in total. The third-order valence-electron chi connectivity index (χ3n) is 2.33. The summed E-state index contributed by atoms with van der Waals surface area (Å²) in [6, 6.07) is 3.73. The highest BCUT2D eigenvalue weighted by Gasteiger charge is 2.26. The van der Waals surface area contributed by atoms with Gasteiger partial charge in [-0.25, -0.2) is 4.39 Å². The number of carbonyl (C=O) groups excluding carboxylic acids is 1. The van der Waals surface area contributed by atoms with Gasteiger partial charge in [0.1, 0.15) is 5.82 Å². The Morgan fingerprint density at radius 1 is 1.32 bits per heavy atom. The molecule has 0 heterocycles. The largest absolute Gasteiger partial charge is 0.389 e. The Labute approximate surface area is 106 Å². The molecule has 0 fully saturated rings. The first-order valence-electron chi connectivity index (χ1n) is 5.45. The van der Waals surface area contributed by atoms with E-state index >= 15 is 0 Å². The van der Waals surface area contributed by atoms with Crippen LogP contribution in [0, 0.1) is 5.82 Å². The summed E-state index contributed by atoms with van der Waals surface area (Å²) in [6.45, 7) is -0.154. The molecule has 0 saturated carbocycles. The second-order valence-electron chi connectivity index (χ2n) is 3.78. The van der Waals surface area contributed by atoms with Crippen LogP contribution in [0.3, 0.4) is 0 Å². The fourth-order valence-electron chi connectivity index (χ4n) is 1.45. The second-order valence-corrected chi connectivity index (χ2v) is 3.78. The van der Waals surface area contributed by atoms with Crippen LogP contribution in [0.15, 0.2) is 18.2 Å². The van der Waals surface area contributed by atoms with Gasteiger partial charge < -0.3 is 10.7 Å². The van der Waals surface area contributed by atoms with Gasteiger partial charge in [0.2, 0.25) is 0 Å². The van der Waals surface area contributed by atoms with Crippen molar-refractivity contribution < 1.29 is 22.4 Å². The third kappa shape index (κ3) is 4.74. The van der Waals surface area contributed by atoms with Crippen LogP contribution in [-0.2, 0) is 0 Å². The van der Waals surface area contributed by atoms with Crippen molar-refractivity contribution in [3.8, 4) is 0 Å². The first-order valence-corrected chi connectivity index (χ1v) is 5.45. The van der Waals surface area contributed by atoms with E-state index in [1.165, 1.54) is 12.1 Å². The van der Waals surface area contributed by atoms with Crippen molar-refractivity contribution in [2.75, 3.05) is 12.0 Å². The Balaban J connectivity index is 2.57. The van der Waals surface area contributed by atoms with Crippen LogP contribution in [0.4, 0.5) is 23.2 Å². The van der Waals surface area contributed by atoms with Crippen molar-refractivity contribution in [2.24, 2.45) is 5.84 Å². The fourth-order valence-corrected chi connectivity index (χ4v) is 1.45. The summed E-state index contributed by atoms with van der Waals surface area (Å²) in [5.74, 6) is 3.68. The van der Waals surface area contributed by atoms with E-state index in [1.807, 2.05) is 5.43 Å². The van der Waals surface area contributed by atoms with Crippen LogP contribution in [0.2, 0.25) is 0 Å². The first kappa shape index (κ1) is 15.2. The van der Waals surface area contributed by atoms with E-state index in [0.717, 1.165) is 6.07 Å². The van der Waals surface area contributed by atoms with Crippen molar-refractivity contribution >= 4 is 11.6 Å². The molecule has 1 rings (SSSR count). The lowest BCUT2D eigenvalue weighted by molar-refractivity contribution is -0.135. The summed E-state index contributed by atoms with van der Waals surface area (Å²) < 4.78 is 48.9. The summed E-state index contributed by atoms with van der Waals surface area (Å²) in [6.07, 6.45) is -5.48. The maximum atomic E-state index is 13.3. The Bertz CT molecular complexity index is 448. The van der Waals surface area contributed by atoms with Crippen LogP contribution < -0.4 is 16.6 Å². The first-order chi connectivity index (χ1) is 8.85. The highest BCUT2D eigenvalue weighted by molar-refractivity contribution is 5.99. The zero-order valence-electron chi connectivity index (χ0n) is 9.85. The predicted molar refractivity (Wildman–Crippen MR) is 61.8 cm³/mol. The highest BCUT2D eigenvalue weighted by Crippen LogP contribution is 2.21. The Morgan fingerprint density at radius 3 is 2.58 bits per heavy atom. The summed E-state index contributed by atoms with van der Waals surface area (Å²) in [7, 11) is 0. The maximum Gasteiger partial charge on any atom is 0.389 e. The zero-order chi connectivity index (χ0) is 14.5. The monoisotopic (exact) mass is 279 g/mol. The summed E-state index contributed by atoms with van der Waals surface area (Å²) in [5, 5.41) is 2.27. The maximum absolute atomic E-state index is 13.3.